The van der Waals surface area contributed by atoms with Gasteiger partial charge in [-0.2, -0.15) is 0 Å². The van der Waals surface area contributed by atoms with Crippen LogP contribution >= 0.6 is 0 Å². The van der Waals surface area contributed by atoms with Gasteiger partial charge in [-0.1, -0.05) is 18.9 Å². The van der Waals surface area contributed by atoms with Gasteiger partial charge in [-0.05, 0) is 25.2 Å². The van der Waals surface area contributed by atoms with Gasteiger partial charge in [0.1, 0.15) is 0 Å². The topological polar surface area (TPSA) is 20.2 Å². The molecule has 1 N–H and O–H groups in total. The molecule has 0 unspecified atom stereocenters. The van der Waals surface area contributed by atoms with Crippen LogP contribution < -0.4 is 0 Å². The predicted molar refractivity (Wildman–Crippen MR) is 42.8 cm³/mol. The molecule has 0 aromatic rings. The smallest absolute Gasteiger partial charge is 0.0602 e. The molecule has 0 aromatic carbocycles. The molecule has 0 amide bonds. The van der Waals surface area contributed by atoms with Gasteiger partial charge in [-0.25, -0.2) is 0 Å². The molecule has 1 nitrogen and oxygen atoms in total. The minimum Gasteiger partial charge on any atom is -0.393 e. The van der Waals surface area contributed by atoms with Crippen molar-refractivity contribution >= 4 is 0 Å². The third-order valence-corrected chi connectivity index (χ3v) is 2.35. The standard InChI is InChI=1S/C9H16O/c1-2-5-9(10)8-6-3-4-7-8/h2,8-10H,1,3-7H2/t9-/m0/s1. The fourth-order valence-electron chi connectivity index (χ4n) is 1.71. The molecular weight excluding hydrogens is 124 g/mol. The third kappa shape index (κ3) is 1.84. The zero-order chi connectivity index (χ0) is 7.40. The molecule has 0 aliphatic heterocycles. The van der Waals surface area contributed by atoms with E-state index in [1.54, 1.807) is 0 Å². The Morgan fingerprint density at radius 3 is 2.60 bits per heavy atom. The molecule has 0 aromatic heterocycles. The van der Waals surface area contributed by atoms with E-state index in [2.05, 4.69) is 6.58 Å². The second-order valence-electron chi connectivity index (χ2n) is 3.14. The van der Waals surface area contributed by atoms with Gasteiger partial charge < -0.3 is 5.11 Å². The lowest BCUT2D eigenvalue weighted by molar-refractivity contribution is 0.114. The van der Waals surface area contributed by atoms with E-state index in [0.717, 1.165) is 6.42 Å². The zero-order valence-corrected chi connectivity index (χ0v) is 6.42. The first-order valence-electron chi connectivity index (χ1n) is 4.13. The molecule has 0 spiro atoms. The van der Waals surface area contributed by atoms with Crippen molar-refractivity contribution in [3.63, 3.8) is 0 Å². The molecule has 0 heterocycles. The number of hydrogen-bond acceptors (Lipinski definition) is 1. The maximum absolute atomic E-state index is 9.48. The normalized spacial score (nSPS) is 22.9. The summed E-state index contributed by atoms with van der Waals surface area (Å²) in [4.78, 5) is 0. The quantitative estimate of drug-likeness (QED) is 0.595. The minimum absolute atomic E-state index is 0.111. The first kappa shape index (κ1) is 7.80. The monoisotopic (exact) mass is 140 g/mol. The Labute approximate surface area is 62.8 Å². The van der Waals surface area contributed by atoms with Crippen molar-refractivity contribution in [1.29, 1.82) is 0 Å². The Morgan fingerprint density at radius 2 is 2.10 bits per heavy atom. The van der Waals surface area contributed by atoms with Crippen LogP contribution in [0.15, 0.2) is 12.7 Å². The van der Waals surface area contributed by atoms with Gasteiger partial charge in [0.05, 0.1) is 6.10 Å². The van der Waals surface area contributed by atoms with E-state index < -0.39 is 0 Å². The number of aliphatic hydroxyl groups is 1. The van der Waals surface area contributed by atoms with Crippen molar-refractivity contribution in [2.24, 2.45) is 5.92 Å². The van der Waals surface area contributed by atoms with Crippen molar-refractivity contribution in [3.8, 4) is 0 Å². The van der Waals surface area contributed by atoms with Crippen LogP contribution in [0.3, 0.4) is 0 Å². The molecule has 0 saturated heterocycles. The maximum atomic E-state index is 9.48. The van der Waals surface area contributed by atoms with Crippen molar-refractivity contribution in [2.75, 3.05) is 0 Å². The van der Waals surface area contributed by atoms with E-state index in [0.29, 0.717) is 5.92 Å². The first-order chi connectivity index (χ1) is 4.84. The second kappa shape index (κ2) is 3.77. The minimum atomic E-state index is -0.111. The fraction of sp³-hybridized carbons (Fsp3) is 0.778. The highest BCUT2D eigenvalue weighted by Gasteiger charge is 2.21. The summed E-state index contributed by atoms with van der Waals surface area (Å²) in [7, 11) is 0. The average Bonchev–Trinajstić information content (AvgIpc) is 2.38. The summed E-state index contributed by atoms with van der Waals surface area (Å²) in [5, 5.41) is 9.48. The Kier molecular flexibility index (Phi) is 2.94. The summed E-state index contributed by atoms with van der Waals surface area (Å²) in [5.41, 5.74) is 0. The maximum Gasteiger partial charge on any atom is 0.0602 e. The van der Waals surface area contributed by atoms with Gasteiger partial charge >= 0.3 is 0 Å². The van der Waals surface area contributed by atoms with Crippen molar-refractivity contribution < 1.29 is 5.11 Å². The molecule has 58 valence electrons. The second-order valence-corrected chi connectivity index (χ2v) is 3.14. The Bertz CT molecular complexity index is 103. The molecular formula is C9H16O. The third-order valence-electron chi connectivity index (χ3n) is 2.35. The highest BCUT2D eigenvalue weighted by molar-refractivity contribution is 4.80. The van der Waals surface area contributed by atoms with Crippen LogP contribution in [0, 0.1) is 5.92 Å². The highest BCUT2D eigenvalue weighted by Crippen LogP contribution is 2.28. The van der Waals surface area contributed by atoms with Gasteiger partial charge in [-0.3, -0.25) is 0 Å². The van der Waals surface area contributed by atoms with Crippen LogP contribution in [0.5, 0.6) is 0 Å². The van der Waals surface area contributed by atoms with Gasteiger partial charge in [-0.15, -0.1) is 6.58 Å². The molecule has 1 fully saturated rings. The van der Waals surface area contributed by atoms with Crippen molar-refractivity contribution in [3.05, 3.63) is 12.7 Å². The van der Waals surface area contributed by atoms with Gasteiger partial charge in [0.25, 0.3) is 0 Å². The van der Waals surface area contributed by atoms with Crippen LogP contribution in [-0.2, 0) is 0 Å². The Balaban J connectivity index is 2.24. The molecule has 10 heavy (non-hydrogen) atoms. The van der Waals surface area contributed by atoms with E-state index >= 15 is 0 Å². The molecule has 1 heteroatoms. The Morgan fingerprint density at radius 1 is 1.50 bits per heavy atom. The molecule has 1 rings (SSSR count). The van der Waals surface area contributed by atoms with E-state index in [-0.39, 0.29) is 6.10 Å². The summed E-state index contributed by atoms with van der Waals surface area (Å²) >= 11 is 0. The van der Waals surface area contributed by atoms with Crippen molar-refractivity contribution in [2.45, 2.75) is 38.2 Å². The lowest BCUT2D eigenvalue weighted by Crippen LogP contribution is -2.15. The Hall–Kier alpha value is -0.300. The predicted octanol–water partition coefficient (Wildman–Crippen LogP) is 2.11. The largest absolute Gasteiger partial charge is 0.393 e. The number of rotatable bonds is 3. The van der Waals surface area contributed by atoms with E-state index in [1.807, 2.05) is 6.08 Å². The molecule has 1 aliphatic carbocycles. The van der Waals surface area contributed by atoms with Crippen LogP contribution in [-0.4, -0.2) is 11.2 Å². The summed E-state index contributed by atoms with van der Waals surface area (Å²) in [6.07, 6.45) is 7.51. The molecule has 0 radical (unpaired) electrons. The van der Waals surface area contributed by atoms with Gasteiger partial charge in [0.15, 0.2) is 0 Å². The summed E-state index contributed by atoms with van der Waals surface area (Å²) in [6, 6.07) is 0. The highest BCUT2D eigenvalue weighted by atomic mass is 16.3. The number of aliphatic hydroxyl groups excluding tert-OH is 1. The van der Waals surface area contributed by atoms with Crippen LogP contribution in [0.2, 0.25) is 0 Å². The molecule has 1 aliphatic rings. The summed E-state index contributed by atoms with van der Waals surface area (Å²) < 4.78 is 0. The van der Waals surface area contributed by atoms with Crippen molar-refractivity contribution in [1.82, 2.24) is 0 Å². The molecule has 1 atom stereocenters. The first-order valence-corrected chi connectivity index (χ1v) is 4.13. The fourth-order valence-corrected chi connectivity index (χ4v) is 1.71. The van der Waals surface area contributed by atoms with Crippen LogP contribution in [0.25, 0.3) is 0 Å². The average molecular weight is 140 g/mol. The van der Waals surface area contributed by atoms with Crippen LogP contribution in [0.4, 0.5) is 0 Å². The van der Waals surface area contributed by atoms with E-state index in [4.69, 9.17) is 0 Å². The van der Waals surface area contributed by atoms with E-state index in [9.17, 15) is 5.11 Å². The van der Waals surface area contributed by atoms with Crippen LogP contribution in [0.1, 0.15) is 32.1 Å². The molecule has 0 bridgehead atoms. The molecule has 1 saturated carbocycles. The SMILES string of the molecule is C=CC[C@H](O)C1CCCC1. The summed E-state index contributed by atoms with van der Waals surface area (Å²) in [6.45, 7) is 3.61. The lowest BCUT2D eigenvalue weighted by Gasteiger charge is -2.14. The summed E-state index contributed by atoms with van der Waals surface area (Å²) in [5.74, 6) is 0.568. The number of hydrogen-bond donors (Lipinski definition) is 1. The van der Waals surface area contributed by atoms with Gasteiger partial charge in [0, 0.05) is 0 Å². The van der Waals surface area contributed by atoms with E-state index in [1.165, 1.54) is 25.7 Å². The zero-order valence-electron chi connectivity index (χ0n) is 6.42. The van der Waals surface area contributed by atoms with Gasteiger partial charge in [0.2, 0.25) is 0 Å². The lowest BCUT2D eigenvalue weighted by atomic mass is 9.98.